The van der Waals surface area contributed by atoms with E-state index in [0.717, 1.165) is 0 Å². The van der Waals surface area contributed by atoms with Crippen LogP contribution in [0.2, 0.25) is 0 Å². The van der Waals surface area contributed by atoms with Gasteiger partial charge >= 0.3 is 0 Å². The highest BCUT2D eigenvalue weighted by Gasteiger charge is 2.26. The van der Waals surface area contributed by atoms with Gasteiger partial charge in [-0.05, 0) is 31.4 Å². The van der Waals surface area contributed by atoms with Crippen molar-refractivity contribution in [2.75, 3.05) is 0 Å². The van der Waals surface area contributed by atoms with Crippen LogP contribution >= 0.6 is 0 Å². The number of rotatable bonds is 9. The Morgan fingerprint density at radius 2 is 1.23 bits per heavy atom. The van der Waals surface area contributed by atoms with E-state index in [9.17, 15) is 19.5 Å². The molecule has 1 aromatic carbocycles. The average molecular weight is 304 g/mol. The fraction of sp³-hybridized carbons (Fsp3) is 0.500. The van der Waals surface area contributed by atoms with Gasteiger partial charge in [-0.3, -0.25) is 14.4 Å². The van der Waals surface area contributed by atoms with Crippen molar-refractivity contribution >= 4 is 17.3 Å². The number of phenolic OH excluding ortho intramolecular Hbond substituents is 1. The van der Waals surface area contributed by atoms with Crippen molar-refractivity contribution in [3.8, 4) is 5.75 Å². The number of aromatic hydroxyl groups is 1. The molecule has 0 radical (unpaired) electrons. The van der Waals surface area contributed by atoms with Crippen LogP contribution in [0, 0.1) is 0 Å². The molecule has 0 saturated heterocycles. The molecule has 0 fully saturated rings. The lowest BCUT2D eigenvalue weighted by molar-refractivity contribution is 0.0933. The molecule has 1 aromatic rings. The molecule has 0 saturated carbocycles. The Labute approximate surface area is 131 Å². The summed E-state index contributed by atoms with van der Waals surface area (Å²) in [4.78, 5) is 37.0. The molecule has 1 N–H and O–H groups in total. The van der Waals surface area contributed by atoms with E-state index in [1.165, 1.54) is 12.1 Å². The zero-order valence-electron chi connectivity index (χ0n) is 13.6. The Hall–Kier alpha value is -1.97. The second-order valence-corrected chi connectivity index (χ2v) is 5.40. The first-order valence-electron chi connectivity index (χ1n) is 7.93. The van der Waals surface area contributed by atoms with Gasteiger partial charge in [0.25, 0.3) is 0 Å². The zero-order chi connectivity index (χ0) is 16.7. The van der Waals surface area contributed by atoms with Gasteiger partial charge in [0, 0.05) is 30.4 Å². The molecule has 0 aliphatic carbocycles. The molecule has 0 amide bonds. The van der Waals surface area contributed by atoms with E-state index < -0.39 is 0 Å². The molecule has 4 nitrogen and oxygen atoms in total. The van der Waals surface area contributed by atoms with Crippen molar-refractivity contribution in [3.05, 3.63) is 28.8 Å². The summed E-state index contributed by atoms with van der Waals surface area (Å²) in [7, 11) is 0. The van der Waals surface area contributed by atoms with Crippen LogP contribution in [-0.2, 0) is 0 Å². The standard InChI is InChI=1S/C18H24O4/c1-4-7-13(19)12-10-11-16(22)18(15(21)9-6-3)17(12)14(20)8-5-2/h10-11,22H,4-9H2,1-3H3. The van der Waals surface area contributed by atoms with Gasteiger partial charge < -0.3 is 5.11 Å². The fourth-order valence-electron chi connectivity index (χ4n) is 2.46. The number of phenols is 1. The van der Waals surface area contributed by atoms with Crippen LogP contribution in [0.15, 0.2) is 12.1 Å². The number of carbonyl (C=O) groups is 3. The molecule has 4 heteroatoms. The number of ketones is 3. The van der Waals surface area contributed by atoms with Gasteiger partial charge in [0.05, 0.1) is 5.56 Å². The number of hydrogen-bond acceptors (Lipinski definition) is 4. The molecule has 0 aromatic heterocycles. The highest BCUT2D eigenvalue weighted by molar-refractivity contribution is 6.16. The van der Waals surface area contributed by atoms with Gasteiger partial charge in [-0.25, -0.2) is 0 Å². The zero-order valence-corrected chi connectivity index (χ0v) is 13.6. The predicted molar refractivity (Wildman–Crippen MR) is 85.8 cm³/mol. The van der Waals surface area contributed by atoms with Crippen molar-refractivity contribution < 1.29 is 19.5 Å². The largest absolute Gasteiger partial charge is 0.507 e. The maximum atomic E-state index is 12.4. The summed E-state index contributed by atoms with van der Waals surface area (Å²) in [6.07, 6.45) is 2.72. The minimum Gasteiger partial charge on any atom is -0.507 e. The Morgan fingerprint density at radius 1 is 0.773 bits per heavy atom. The first-order valence-corrected chi connectivity index (χ1v) is 7.93. The molecule has 0 heterocycles. The Bertz CT molecular complexity index is 573. The maximum Gasteiger partial charge on any atom is 0.167 e. The fourth-order valence-corrected chi connectivity index (χ4v) is 2.46. The molecule has 0 spiro atoms. The smallest absolute Gasteiger partial charge is 0.167 e. The third-order valence-corrected chi connectivity index (χ3v) is 3.47. The third-order valence-electron chi connectivity index (χ3n) is 3.47. The highest BCUT2D eigenvalue weighted by Crippen LogP contribution is 2.29. The molecular weight excluding hydrogens is 280 g/mol. The van der Waals surface area contributed by atoms with Crippen molar-refractivity contribution in [3.63, 3.8) is 0 Å². The average Bonchev–Trinajstić information content (AvgIpc) is 2.47. The normalized spacial score (nSPS) is 10.5. The lowest BCUT2D eigenvalue weighted by atomic mass is 9.88. The van der Waals surface area contributed by atoms with Gasteiger partial charge in [0.15, 0.2) is 17.3 Å². The summed E-state index contributed by atoms with van der Waals surface area (Å²) in [5.41, 5.74) is 0.388. The Morgan fingerprint density at radius 3 is 1.73 bits per heavy atom. The number of hydrogen-bond donors (Lipinski definition) is 1. The van der Waals surface area contributed by atoms with E-state index in [4.69, 9.17) is 0 Å². The summed E-state index contributed by atoms with van der Waals surface area (Å²) in [6.45, 7) is 5.60. The minimum absolute atomic E-state index is 0.0160. The molecule has 22 heavy (non-hydrogen) atoms. The van der Waals surface area contributed by atoms with Gasteiger partial charge in [-0.1, -0.05) is 20.8 Å². The SMILES string of the molecule is CCCC(=O)c1ccc(O)c(C(=O)CCC)c1C(=O)CCC. The summed E-state index contributed by atoms with van der Waals surface area (Å²) in [5.74, 6) is -0.915. The van der Waals surface area contributed by atoms with Gasteiger partial charge in [-0.15, -0.1) is 0 Å². The lowest BCUT2D eigenvalue weighted by Gasteiger charge is -2.14. The van der Waals surface area contributed by atoms with Gasteiger partial charge in [0.2, 0.25) is 0 Å². The summed E-state index contributed by atoms with van der Waals surface area (Å²) < 4.78 is 0. The van der Waals surface area contributed by atoms with E-state index in [0.29, 0.717) is 25.7 Å². The van der Waals surface area contributed by atoms with Crippen LogP contribution < -0.4 is 0 Å². The van der Waals surface area contributed by atoms with Crippen LogP contribution in [0.1, 0.15) is 90.4 Å². The molecule has 120 valence electrons. The van der Waals surface area contributed by atoms with E-state index in [1.807, 2.05) is 20.8 Å². The quantitative estimate of drug-likeness (QED) is 0.689. The van der Waals surface area contributed by atoms with Crippen LogP contribution in [-0.4, -0.2) is 22.5 Å². The summed E-state index contributed by atoms with van der Waals surface area (Å²) in [5, 5.41) is 10.1. The molecular formula is C18H24O4. The minimum atomic E-state index is -0.286. The second kappa shape index (κ2) is 8.47. The molecule has 0 unspecified atom stereocenters. The second-order valence-electron chi connectivity index (χ2n) is 5.40. The van der Waals surface area contributed by atoms with Crippen LogP contribution in [0.5, 0.6) is 5.75 Å². The third kappa shape index (κ3) is 4.03. The topological polar surface area (TPSA) is 71.4 Å². The van der Waals surface area contributed by atoms with Crippen LogP contribution in [0.25, 0.3) is 0 Å². The van der Waals surface area contributed by atoms with E-state index in [1.54, 1.807) is 0 Å². The highest BCUT2D eigenvalue weighted by atomic mass is 16.3. The van der Waals surface area contributed by atoms with E-state index in [-0.39, 0.29) is 52.6 Å². The van der Waals surface area contributed by atoms with Crippen molar-refractivity contribution in [2.45, 2.75) is 59.3 Å². The van der Waals surface area contributed by atoms with Crippen LogP contribution in [0.3, 0.4) is 0 Å². The van der Waals surface area contributed by atoms with Crippen molar-refractivity contribution in [2.24, 2.45) is 0 Å². The van der Waals surface area contributed by atoms with Crippen LogP contribution in [0.4, 0.5) is 0 Å². The molecule has 1 rings (SSSR count). The first-order chi connectivity index (χ1) is 10.5. The summed E-state index contributed by atoms with van der Waals surface area (Å²) >= 11 is 0. The first kappa shape index (κ1) is 18.1. The molecule has 0 aliphatic heterocycles. The number of benzene rings is 1. The molecule has 0 bridgehead atoms. The molecule has 0 aliphatic rings. The van der Waals surface area contributed by atoms with E-state index >= 15 is 0 Å². The predicted octanol–water partition coefficient (Wildman–Crippen LogP) is 4.34. The van der Waals surface area contributed by atoms with E-state index in [2.05, 4.69) is 0 Å². The number of Topliss-reactive ketones (excluding diaryl/α,β-unsaturated/α-hetero) is 3. The maximum absolute atomic E-state index is 12.4. The van der Waals surface area contributed by atoms with Crippen molar-refractivity contribution in [1.82, 2.24) is 0 Å². The van der Waals surface area contributed by atoms with Gasteiger partial charge in [0.1, 0.15) is 5.75 Å². The van der Waals surface area contributed by atoms with Gasteiger partial charge in [-0.2, -0.15) is 0 Å². The van der Waals surface area contributed by atoms with Crippen molar-refractivity contribution in [1.29, 1.82) is 0 Å². The number of carbonyl (C=O) groups excluding carboxylic acids is 3. The summed E-state index contributed by atoms with van der Waals surface area (Å²) in [6, 6.07) is 2.80. The molecule has 0 atom stereocenters. The Balaban J connectivity index is 3.52. The monoisotopic (exact) mass is 304 g/mol. The Kier molecular flexibility index (Phi) is 6.96. The lowest BCUT2D eigenvalue weighted by Crippen LogP contribution is -2.15.